The van der Waals surface area contributed by atoms with Crippen molar-refractivity contribution in [2.24, 2.45) is 5.73 Å². The van der Waals surface area contributed by atoms with Crippen LogP contribution in [0.5, 0.6) is 0 Å². The second-order valence-electron chi connectivity index (χ2n) is 4.61. The maximum Gasteiger partial charge on any atom is 0.320 e. The van der Waals surface area contributed by atoms with Crippen molar-refractivity contribution in [3.63, 3.8) is 0 Å². The van der Waals surface area contributed by atoms with Crippen LogP contribution in [0.3, 0.4) is 0 Å². The molecule has 4 N–H and O–H groups in total. The van der Waals surface area contributed by atoms with Gasteiger partial charge in [0.05, 0.1) is 0 Å². The highest BCUT2D eigenvalue weighted by atomic mass is 16.4. The molecule has 5 heteroatoms. The summed E-state index contributed by atoms with van der Waals surface area (Å²) in [6, 6.07) is -0.794. The average molecular weight is 270 g/mol. The van der Waals surface area contributed by atoms with E-state index in [9.17, 15) is 9.59 Å². The quantitative estimate of drug-likeness (QED) is 0.394. The Hall–Kier alpha value is -1.36. The Balaban J connectivity index is 3.43. The summed E-state index contributed by atoms with van der Waals surface area (Å²) in [5.74, 6) is -0.962. The van der Waals surface area contributed by atoms with Crippen molar-refractivity contribution >= 4 is 11.9 Å². The molecule has 110 valence electrons. The average Bonchev–Trinajstić information content (AvgIpc) is 2.37. The summed E-state index contributed by atoms with van der Waals surface area (Å²) >= 11 is 0. The summed E-state index contributed by atoms with van der Waals surface area (Å²) < 4.78 is 0. The first-order valence-corrected chi connectivity index (χ1v) is 6.98. The molecule has 0 saturated carbocycles. The molecule has 0 rings (SSSR count). The summed E-state index contributed by atoms with van der Waals surface area (Å²) in [6.45, 7) is 2.71. The third kappa shape index (κ3) is 11.5. The number of nitrogens with one attached hydrogen (secondary N) is 1. The Morgan fingerprint density at radius 3 is 2.63 bits per heavy atom. The highest BCUT2D eigenvalue weighted by molar-refractivity contribution is 5.77. The summed E-state index contributed by atoms with van der Waals surface area (Å²) in [5.41, 5.74) is 5.37. The van der Waals surface area contributed by atoms with Crippen LogP contribution >= 0.6 is 0 Å². The predicted octanol–water partition coefficient (Wildman–Crippen LogP) is 1.82. The van der Waals surface area contributed by atoms with E-state index in [4.69, 9.17) is 10.8 Å². The lowest BCUT2D eigenvalue weighted by molar-refractivity contribution is -0.138. The van der Waals surface area contributed by atoms with Crippen LogP contribution in [-0.4, -0.2) is 29.6 Å². The lowest BCUT2D eigenvalue weighted by atomic mass is 10.1. The third-order valence-corrected chi connectivity index (χ3v) is 2.78. The lowest BCUT2D eigenvalue weighted by Gasteiger charge is -2.06. The van der Waals surface area contributed by atoms with Crippen molar-refractivity contribution in [3.8, 4) is 0 Å². The predicted molar refractivity (Wildman–Crippen MR) is 75.8 cm³/mol. The Morgan fingerprint density at radius 2 is 2.00 bits per heavy atom. The van der Waals surface area contributed by atoms with E-state index < -0.39 is 12.0 Å². The number of hydrogen-bond acceptors (Lipinski definition) is 3. The largest absolute Gasteiger partial charge is 0.480 e. The molecule has 0 bridgehead atoms. The SMILES string of the molecule is CCCC/C=C/CC(=O)NCCCC[C@H](N)C(=O)O. The van der Waals surface area contributed by atoms with E-state index in [2.05, 4.69) is 12.2 Å². The van der Waals surface area contributed by atoms with Crippen LogP contribution in [0.4, 0.5) is 0 Å². The Kier molecular flexibility index (Phi) is 10.9. The molecule has 0 unspecified atom stereocenters. The Bertz CT molecular complexity index is 290. The van der Waals surface area contributed by atoms with Gasteiger partial charge in [0.2, 0.25) is 5.91 Å². The van der Waals surface area contributed by atoms with Crippen molar-refractivity contribution in [2.75, 3.05) is 6.54 Å². The van der Waals surface area contributed by atoms with Gasteiger partial charge < -0.3 is 16.2 Å². The van der Waals surface area contributed by atoms with Crippen LogP contribution in [0, 0.1) is 0 Å². The number of carbonyl (C=O) groups is 2. The number of nitrogens with two attached hydrogens (primary N) is 1. The summed E-state index contributed by atoms with van der Waals surface area (Å²) in [5, 5.41) is 11.4. The van der Waals surface area contributed by atoms with Gasteiger partial charge in [0.25, 0.3) is 0 Å². The molecule has 0 saturated heterocycles. The number of aliphatic carboxylic acids is 1. The van der Waals surface area contributed by atoms with E-state index in [-0.39, 0.29) is 5.91 Å². The maximum atomic E-state index is 11.4. The zero-order valence-corrected chi connectivity index (χ0v) is 11.7. The molecule has 5 nitrogen and oxygen atoms in total. The molecule has 0 aliphatic carbocycles. The van der Waals surface area contributed by atoms with Gasteiger partial charge in [0, 0.05) is 13.0 Å². The zero-order chi connectivity index (χ0) is 14.5. The molecule has 0 aromatic carbocycles. The summed E-state index contributed by atoms with van der Waals surface area (Å²) in [4.78, 5) is 21.9. The number of allylic oxidation sites excluding steroid dienone is 1. The molecule has 1 amide bonds. The van der Waals surface area contributed by atoms with Gasteiger partial charge in [-0.1, -0.05) is 31.9 Å². The van der Waals surface area contributed by atoms with E-state index in [1.807, 2.05) is 12.2 Å². The molecule has 19 heavy (non-hydrogen) atoms. The second-order valence-corrected chi connectivity index (χ2v) is 4.61. The summed E-state index contributed by atoms with van der Waals surface area (Å²) in [6.07, 6.45) is 9.60. The van der Waals surface area contributed by atoms with Crippen molar-refractivity contribution in [1.29, 1.82) is 0 Å². The smallest absolute Gasteiger partial charge is 0.320 e. The minimum absolute atomic E-state index is 0.00952. The van der Waals surface area contributed by atoms with Gasteiger partial charge in [-0.3, -0.25) is 9.59 Å². The van der Waals surface area contributed by atoms with E-state index in [1.54, 1.807) is 0 Å². The number of rotatable bonds is 11. The molecule has 0 fully saturated rings. The van der Waals surface area contributed by atoms with Gasteiger partial charge in [-0.25, -0.2) is 0 Å². The van der Waals surface area contributed by atoms with E-state index >= 15 is 0 Å². The van der Waals surface area contributed by atoms with Crippen LogP contribution in [0.15, 0.2) is 12.2 Å². The molecular formula is C14H26N2O3. The van der Waals surface area contributed by atoms with Crippen LogP contribution in [0.25, 0.3) is 0 Å². The van der Waals surface area contributed by atoms with Gasteiger partial charge in [-0.2, -0.15) is 0 Å². The molecule has 0 aliphatic heterocycles. The number of hydrogen-bond donors (Lipinski definition) is 3. The van der Waals surface area contributed by atoms with E-state index in [0.717, 1.165) is 25.7 Å². The Morgan fingerprint density at radius 1 is 1.26 bits per heavy atom. The highest BCUT2D eigenvalue weighted by Gasteiger charge is 2.09. The van der Waals surface area contributed by atoms with E-state index in [0.29, 0.717) is 25.8 Å². The normalized spacial score (nSPS) is 12.5. The fraction of sp³-hybridized carbons (Fsp3) is 0.714. The molecule has 0 heterocycles. The van der Waals surface area contributed by atoms with Gasteiger partial charge in [-0.15, -0.1) is 0 Å². The van der Waals surface area contributed by atoms with Gasteiger partial charge in [-0.05, 0) is 25.7 Å². The zero-order valence-electron chi connectivity index (χ0n) is 11.7. The van der Waals surface area contributed by atoms with Crippen molar-refractivity contribution in [2.45, 2.75) is 57.9 Å². The molecule has 0 radical (unpaired) electrons. The number of unbranched alkanes of at least 4 members (excludes halogenated alkanes) is 3. The highest BCUT2D eigenvalue weighted by Crippen LogP contribution is 1.99. The fourth-order valence-electron chi connectivity index (χ4n) is 1.54. The molecule has 0 aromatic heterocycles. The van der Waals surface area contributed by atoms with Crippen molar-refractivity contribution in [3.05, 3.63) is 12.2 Å². The molecule has 0 spiro atoms. The Labute approximate surface area is 115 Å². The molecule has 0 aliphatic rings. The van der Waals surface area contributed by atoms with Gasteiger partial charge in [0.1, 0.15) is 6.04 Å². The number of carbonyl (C=O) groups excluding carboxylic acids is 1. The second kappa shape index (κ2) is 11.7. The van der Waals surface area contributed by atoms with Crippen LogP contribution in [0.2, 0.25) is 0 Å². The first kappa shape index (κ1) is 17.6. The van der Waals surface area contributed by atoms with Crippen LogP contribution in [-0.2, 0) is 9.59 Å². The number of amides is 1. The maximum absolute atomic E-state index is 11.4. The minimum Gasteiger partial charge on any atom is -0.480 e. The van der Waals surface area contributed by atoms with Crippen LogP contribution in [0.1, 0.15) is 51.9 Å². The standard InChI is InChI=1S/C14H26N2O3/c1-2-3-4-5-6-10-13(17)16-11-8-7-9-12(15)14(18)19/h5-6,12H,2-4,7-11,15H2,1H3,(H,16,17)(H,18,19)/b6-5+/t12-/m0/s1. The first-order valence-electron chi connectivity index (χ1n) is 6.98. The molecule has 1 atom stereocenters. The van der Waals surface area contributed by atoms with Gasteiger partial charge in [0.15, 0.2) is 0 Å². The van der Waals surface area contributed by atoms with E-state index in [1.165, 1.54) is 0 Å². The fourth-order valence-corrected chi connectivity index (χ4v) is 1.54. The lowest BCUT2D eigenvalue weighted by Crippen LogP contribution is -2.30. The van der Waals surface area contributed by atoms with Crippen molar-refractivity contribution < 1.29 is 14.7 Å². The number of carboxylic acid groups (broad SMARTS) is 1. The van der Waals surface area contributed by atoms with Gasteiger partial charge >= 0.3 is 5.97 Å². The topological polar surface area (TPSA) is 92.4 Å². The minimum atomic E-state index is -0.971. The van der Waals surface area contributed by atoms with Crippen LogP contribution < -0.4 is 11.1 Å². The molecular weight excluding hydrogens is 244 g/mol. The number of carboxylic acids is 1. The third-order valence-electron chi connectivity index (χ3n) is 2.78. The van der Waals surface area contributed by atoms with Crippen molar-refractivity contribution in [1.82, 2.24) is 5.32 Å². The molecule has 0 aromatic rings. The monoisotopic (exact) mass is 270 g/mol. The summed E-state index contributed by atoms with van der Waals surface area (Å²) in [7, 11) is 0. The first-order chi connectivity index (χ1) is 9.07.